The molecule has 1 saturated heterocycles. The van der Waals surface area contributed by atoms with Crippen LogP contribution in [0.15, 0.2) is 29.4 Å². The number of nitrogens with zero attached hydrogens (tertiary/aromatic N) is 1. The summed E-state index contributed by atoms with van der Waals surface area (Å²) in [7, 11) is 0. The van der Waals surface area contributed by atoms with E-state index in [1.165, 1.54) is 6.21 Å². The predicted octanol–water partition coefficient (Wildman–Crippen LogP) is 2.43. The lowest BCUT2D eigenvalue weighted by molar-refractivity contribution is -0.121. The Labute approximate surface area is 121 Å². The van der Waals surface area contributed by atoms with Crippen molar-refractivity contribution in [3.63, 3.8) is 0 Å². The Balaban J connectivity index is 1.83. The molecule has 0 bridgehead atoms. The van der Waals surface area contributed by atoms with Crippen LogP contribution in [0.4, 0.5) is 0 Å². The maximum Gasteiger partial charge on any atom is 0.242 e. The van der Waals surface area contributed by atoms with E-state index in [9.17, 15) is 9.90 Å². The third-order valence-electron chi connectivity index (χ3n) is 2.65. The minimum atomic E-state index is -0.0826. The van der Waals surface area contributed by atoms with Crippen molar-refractivity contribution in [1.82, 2.24) is 5.43 Å². The summed E-state index contributed by atoms with van der Waals surface area (Å²) >= 11 is 3.64. The first kappa shape index (κ1) is 14.3. The van der Waals surface area contributed by atoms with Gasteiger partial charge in [-0.3, -0.25) is 4.79 Å². The van der Waals surface area contributed by atoms with E-state index >= 15 is 0 Å². The normalized spacial score (nSPS) is 17.7. The van der Waals surface area contributed by atoms with Crippen LogP contribution in [0.5, 0.6) is 5.75 Å². The van der Waals surface area contributed by atoms with E-state index in [0.29, 0.717) is 6.42 Å². The number of aromatic hydroxyl groups is 1. The molecule has 0 spiro atoms. The predicted molar refractivity (Wildman–Crippen MR) is 81.8 cm³/mol. The van der Waals surface area contributed by atoms with Gasteiger partial charge >= 0.3 is 0 Å². The van der Waals surface area contributed by atoms with E-state index in [0.717, 1.165) is 17.1 Å². The van der Waals surface area contributed by atoms with Crippen molar-refractivity contribution in [2.45, 2.75) is 17.4 Å². The minimum Gasteiger partial charge on any atom is -0.508 e. The molecule has 4 nitrogen and oxygen atoms in total. The number of hydrazone groups is 1. The van der Waals surface area contributed by atoms with Gasteiger partial charge in [0.25, 0.3) is 0 Å². The van der Waals surface area contributed by atoms with E-state index in [1.807, 2.05) is 23.5 Å². The molecular weight excluding hydrogens is 280 g/mol. The van der Waals surface area contributed by atoms with Gasteiger partial charge in [-0.2, -0.15) is 5.10 Å². The molecule has 2 rings (SSSR count). The van der Waals surface area contributed by atoms with Gasteiger partial charge in [-0.25, -0.2) is 5.43 Å². The Morgan fingerprint density at radius 3 is 2.95 bits per heavy atom. The van der Waals surface area contributed by atoms with Gasteiger partial charge in [0.15, 0.2) is 0 Å². The van der Waals surface area contributed by atoms with E-state index in [4.69, 9.17) is 0 Å². The lowest BCUT2D eigenvalue weighted by atomic mass is 10.2. The van der Waals surface area contributed by atoms with Gasteiger partial charge in [0.05, 0.1) is 16.7 Å². The number of rotatable bonds is 4. The van der Waals surface area contributed by atoms with Crippen molar-refractivity contribution in [3.8, 4) is 5.75 Å². The largest absolute Gasteiger partial charge is 0.508 e. The molecule has 2 N–H and O–H groups in total. The van der Waals surface area contributed by atoms with Gasteiger partial charge in [-0.05, 0) is 24.6 Å². The molecule has 1 aliphatic rings. The van der Waals surface area contributed by atoms with Crippen LogP contribution in [-0.4, -0.2) is 32.8 Å². The molecule has 1 aromatic rings. The number of hydrogen-bond donors (Lipinski definition) is 2. The lowest BCUT2D eigenvalue weighted by Gasteiger charge is -2.19. The van der Waals surface area contributed by atoms with Crippen LogP contribution in [0.3, 0.4) is 0 Å². The zero-order valence-electron chi connectivity index (χ0n) is 10.6. The molecule has 0 unspecified atom stereocenters. The van der Waals surface area contributed by atoms with Crippen molar-refractivity contribution in [3.05, 3.63) is 29.8 Å². The van der Waals surface area contributed by atoms with Gasteiger partial charge < -0.3 is 5.11 Å². The molecule has 1 aliphatic heterocycles. The summed E-state index contributed by atoms with van der Waals surface area (Å²) in [6, 6.07) is 6.70. The maximum atomic E-state index is 11.8. The van der Waals surface area contributed by atoms with E-state index in [-0.39, 0.29) is 15.7 Å². The molecule has 102 valence electrons. The number of carbonyl (C=O) groups is 1. The number of amides is 1. The SMILES string of the molecule is CC1(CC(=O)N/N=C\c2cccc(O)c2)SCCS1. The highest BCUT2D eigenvalue weighted by molar-refractivity contribution is 8.21. The van der Waals surface area contributed by atoms with Crippen molar-refractivity contribution in [2.75, 3.05) is 11.5 Å². The number of phenolic OH excluding ortho intramolecular Hbond substituents is 1. The summed E-state index contributed by atoms with van der Waals surface area (Å²) in [5, 5.41) is 13.2. The third kappa shape index (κ3) is 4.47. The fourth-order valence-corrected chi connectivity index (χ4v) is 4.60. The standard InChI is InChI=1S/C13H16N2O2S2/c1-13(18-5-6-19-13)8-12(17)15-14-9-10-3-2-4-11(16)7-10/h2-4,7,9,16H,5-6,8H2,1H3,(H,15,17)/b14-9-. The van der Waals surface area contributed by atoms with Crippen LogP contribution < -0.4 is 5.43 Å². The second-order valence-corrected chi connectivity index (χ2v) is 7.85. The molecule has 0 aliphatic carbocycles. The molecule has 1 aromatic carbocycles. The lowest BCUT2D eigenvalue weighted by Crippen LogP contribution is -2.26. The van der Waals surface area contributed by atoms with Gasteiger partial charge in [0, 0.05) is 11.5 Å². The monoisotopic (exact) mass is 296 g/mol. The average Bonchev–Trinajstić information content (AvgIpc) is 2.75. The summed E-state index contributed by atoms with van der Waals surface area (Å²) in [5.41, 5.74) is 3.27. The Bertz CT molecular complexity index is 485. The molecule has 0 atom stereocenters. The number of thioether (sulfide) groups is 2. The molecule has 0 aromatic heterocycles. The van der Waals surface area contributed by atoms with Crippen LogP contribution in [0.25, 0.3) is 0 Å². The fraction of sp³-hybridized carbons (Fsp3) is 0.385. The highest BCUT2D eigenvalue weighted by atomic mass is 32.2. The first-order valence-corrected chi connectivity index (χ1v) is 7.93. The summed E-state index contributed by atoms with van der Waals surface area (Å²) in [5.74, 6) is 2.30. The third-order valence-corrected chi connectivity index (χ3v) is 5.94. The van der Waals surface area contributed by atoms with E-state index in [1.54, 1.807) is 24.3 Å². The minimum absolute atomic E-state index is 0.0232. The Kier molecular flexibility index (Phi) is 4.76. The summed E-state index contributed by atoms with van der Waals surface area (Å²) in [4.78, 5) is 11.8. The number of carbonyl (C=O) groups excluding carboxylic acids is 1. The number of nitrogens with one attached hydrogen (secondary N) is 1. The smallest absolute Gasteiger partial charge is 0.242 e. The highest BCUT2D eigenvalue weighted by Gasteiger charge is 2.32. The fourth-order valence-electron chi connectivity index (χ4n) is 1.77. The van der Waals surface area contributed by atoms with Crippen LogP contribution in [0.1, 0.15) is 18.9 Å². The van der Waals surface area contributed by atoms with Gasteiger partial charge in [-0.1, -0.05) is 12.1 Å². The van der Waals surface area contributed by atoms with Crippen LogP contribution in [0, 0.1) is 0 Å². The quantitative estimate of drug-likeness (QED) is 0.662. The molecule has 0 radical (unpaired) electrons. The van der Waals surface area contributed by atoms with Crippen LogP contribution >= 0.6 is 23.5 Å². The molecule has 6 heteroatoms. The Hall–Kier alpha value is -1.14. The summed E-state index contributed by atoms with van der Waals surface area (Å²) in [6.45, 7) is 2.09. The van der Waals surface area contributed by atoms with Crippen LogP contribution in [0.2, 0.25) is 0 Å². The number of phenols is 1. The second-order valence-electron chi connectivity index (χ2n) is 4.40. The Morgan fingerprint density at radius 1 is 1.53 bits per heavy atom. The highest BCUT2D eigenvalue weighted by Crippen LogP contribution is 2.45. The van der Waals surface area contributed by atoms with Crippen molar-refractivity contribution < 1.29 is 9.90 Å². The topological polar surface area (TPSA) is 61.7 Å². The Morgan fingerprint density at radius 2 is 2.26 bits per heavy atom. The number of benzene rings is 1. The van der Waals surface area contributed by atoms with Gasteiger partial charge in [0.1, 0.15) is 5.75 Å². The molecule has 1 heterocycles. The van der Waals surface area contributed by atoms with E-state index < -0.39 is 0 Å². The number of hydrogen-bond acceptors (Lipinski definition) is 5. The van der Waals surface area contributed by atoms with Crippen molar-refractivity contribution in [1.29, 1.82) is 0 Å². The van der Waals surface area contributed by atoms with E-state index in [2.05, 4.69) is 17.5 Å². The summed E-state index contributed by atoms with van der Waals surface area (Å²) < 4.78 is -0.0232. The van der Waals surface area contributed by atoms with Crippen molar-refractivity contribution >= 4 is 35.6 Å². The maximum absolute atomic E-state index is 11.8. The van der Waals surface area contributed by atoms with Gasteiger partial charge in [-0.15, -0.1) is 23.5 Å². The first-order valence-electron chi connectivity index (χ1n) is 5.96. The van der Waals surface area contributed by atoms with Crippen molar-refractivity contribution in [2.24, 2.45) is 5.10 Å². The average molecular weight is 296 g/mol. The van der Waals surface area contributed by atoms with Crippen LogP contribution in [-0.2, 0) is 4.79 Å². The molecule has 1 fully saturated rings. The first-order chi connectivity index (χ1) is 9.07. The summed E-state index contributed by atoms with van der Waals surface area (Å²) in [6.07, 6.45) is 1.98. The molecule has 0 saturated carbocycles. The molecule has 1 amide bonds. The molecular formula is C13H16N2O2S2. The second kappa shape index (κ2) is 6.34. The zero-order valence-corrected chi connectivity index (χ0v) is 12.3. The molecule has 19 heavy (non-hydrogen) atoms. The zero-order chi connectivity index (χ0) is 13.7. The van der Waals surface area contributed by atoms with Gasteiger partial charge in [0.2, 0.25) is 5.91 Å².